The Morgan fingerprint density at radius 1 is 1.29 bits per heavy atom. The largest absolute Gasteiger partial charge is 0.480 e. The molecule has 2 saturated heterocycles. The average Bonchev–Trinajstić information content (AvgIpc) is 2.91. The molecule has 3 N–H and O–H groups in total. The number of benzene rings is 1. The lowest BCUT2D eigenvalue weighted by Gasteiger charge is -2.39. The molecule has 1 amide bonds. The normalized spacial score (nSPS) is 24.1. The molecule has 1 aromatic heterocycles. The minimum Gasteiger partial charge on any atom is -0.480 e. The topological polar surface area (TPSA) is 93.4 Å². The maximum atomic E-state index is 13.1. The van der Waals surface area contributed by atoms with E-state index in [1.54, 1.807) is 0 Å². The smallest absolute Gasteiger partial charge is 0.258 e. The molecule has 2 aliphatic heterocycles. The van der Waals surface area contributed by atoms with E-state index in [1.807, 2.05) is 12.1 Å². The van der Waals surface area contributed by atoms with Crippen LogP contribution in [0.1, 0.15) is 41.6 Å². The number of ether oxygens (including phenoxy) is 1. The lowest BCUT2D eigenvalue weighted by Crippen LogP contribution is -2.50. The maximum absolute atomic E-state index is 13.1. The summed E-state index contributed by atoms with van der Waals surface area (Å²) in [4.78, 5) is 23.0. The number of aromatic nitrogens is 2. The van der Waals surface area contributed by atoms with E-state index in [0.29, 0.717) is 12.1 Å². The van der Waals surface area contributed by atoms with Crippen LogP contribution in [0.5, 0.6) is 5.88 Å². The molecule has 0 spiro atoms. The number of piperidine rings is 1. The fourth-order valence-electron chi connectivity index (χ4n) is 4.40. The van der Waals surface area contributed by atoms with Gasteiger partial charge in [0, 0.05) is 30.9 Å². The monoisotopic (exact) mass is 385 g/mol. The van der Waals surface area contributed by atoms with Gasteiger partial charge in [-0.25, -0.2) is 9.37 Å². The van der Waals surface area contributed by atoms with E-state index in [1.165, 1.54) is 25.4 Å². The number of carbonyl (C=O) groups is 1. The second-order valence-corrected chi connectivity index (χ2v) is 7.48. The number of rotatable bonds is 5. The van der Waals surface area contributed by atoms with Crippen molar-refractivity contribution in [1.29, 1.82) is 0 Å². The van der Waals surface area contributed by atoms with Gasteiger partial charge in [0.2, 0.25) is 11.8 Å². The quantitative estimate of drug-likeness (QED) is 0.819. The first-order chi connectivity index (χ1) is 13.5. The first-order valence-corrected chi connectivity index (χ1v) is 9.51. The van der Waals surface area contributed by atoms with E-state index in [-0.39, 0.29) is 35.2 Å². The molecule has 3 heterocycles. The van der Waals surface area contributed by atoms with Gasteiger partial charge in [-0.1, -0.05) is 12.1 Å². The molecule has 7 nitrogen and oxygen atoms in total. The van der Waals surface area contributed by atoms with Crippen LogP contribution in [-0.2, 0) is 6.54 Å². The molecular weight excluding hydrogens is 361 g/mol. The molecule has 2 fully saturated rings. The first kappa shape index (κ1) is 18.6. The Bertz CT molecular complexity index is 846. The maximum Gasteiger partial charge on any atom is 0.258 e. The fraction of sp³-hybridized carbons (Fsp3) is 0.450. The first-order valence-electron chi connectivity index (χ1n) is 9.51. The molecule has 2 aromatic rings. The lowest BCUT2D eigenvalue weighted by atomic mass is 9.96. The Kier molecular flexibility index (Phi) is 5.13. The molecule has 8 heteroatoms. The van der Waals surface area contributed by atoms with Gasteiger partial charge in [-0.05, 0) is 43.4 Å². The molecule has 148 valence electrons. The third kappa shape index (κ3) is 3.77. The third-order valence-electron chi connectivity index (χ3n) is 5.71. The lowest BCUT2D eigenvalue weighted by molar-refractivity contribution is 0.0824. The molecule has 1 unspecified atom stereocenters. The summed E-state index contributed by atoms with van der Waals surface area (Å²) >= 11 is 0. The number of anilines is 1. The zero-order valence-electron chi connectivity index (χ0n) is 15.8. The van der Waals surface area contributed by atoms with E-state index in [9.17, 15) is 9.18 Å². The third-order valence-corrected chi connectivity index (χ3v) is 5.71. The number of fused-ring (bicyclic) bond motifs is 2. The minimum atomic E-state index is -0.242. The molecule has 0 aliphatic carbocycles. The van der Waals surface area contributed by atoms with Crippen molar-refractivity contribution in [3.05, 3.63) is 47.4 Å². The average molecular weight is 385 g/mol. The van der Waals surface area contributed by atoms with Gasteiger partial charge in [-0.2, -0.15) is 4.98 Å². The Labute approximate surface area is 163 Å². The van der Waals surface area contributed by atoms with Crippen molar-refractivity contribution in [2.45, 2.75) is 50.4 Å². The van der Waals surface area contributed by atoms with Crippen molar-refractivity contribution in [2.24, 2.45) is 0 Å². The van der Waals surface area contributed by atoms with Gasteiger partial charge in [-0.3, -0.25) is 9.69 Å². The van der Waals surface area contributed by atoms with Gasteiger partial charge in [0.05, 0.1) is 7.11 Å². The van der Waals surface area contributed by atoms with Crippen LogP contribution in [0.25, 0.3) is 0 Å². The van der Waals surface area contributed by atoms with Gasteiger partial charge in [-0.15, -0.1) is 0 Å². The van der Waals surface area contributed by atoms with E-state index in [2.05, 4.69) is 20.2 Å². The highest BCUT2D eigenvalue weighted by Gasteiger charge is 2.41. The highest BCUT2D eigenvalue weighted by atomic mass is 19.1. The summed E-state index contributed by atoms with van der Waals surface area (Å²) in [5, 5.41) is 3.11. The number of nitrogens with one attached hydrogen (secondary N) is 1. The van der Waals surface area contributed by atoms with Crippen LogP contribution in [0.15, 0.2) is 30.5 Å². The molecule has 3 atom stereocenters. The number of halogens is 1. The van der Waals surface area contributed by atoms with Crippen LogP contribution in [0.4, 0.5) is 10.3 Å². The number of hydrogen-bond donors (Lipinski definition) is 2. The zero-order chi connectivity index (χ0) is 19.7. The summed E-state index contributed by atoms with van der Waals surface area (Å²) in [5.41, 5.74) is 6.96. The molecule has 1 aromatic carbocycles. The number of nitrogens with two attached hydrogens (primary N) is 1. The number of nitrogen functional groups attached to an aromatic ring is 1. The van der Waals surface area contributed by atoms with Crippen LogP contribution in [-0.4, -0.2) is 46.0 Å². The van der Waals surface area contributed by atoms with Gasteiger partial charge < -0.3 is 15.8 Å². The van der Waals surface area contributed by atoms with Crippen molar-refractivity contribution >= 4 is 11.9 Å². The summed E-state index contributed by atoms with van der Waals surface area (Å²) in [5.74, 6) is -0.203. The second-order valence-electron chi connectivity index (χ2n) is 7.48. The fourth-order valence-corrected chi connectivity index (χ4v) is 4.40. The van der Waals surface area contributed by atoms with Gasteiger partial charge in [0.1, 0.15) is 11.4 Å². The van der Waals surface area contributed by atoms with Crippen LogP contribution < -0.4 is 15.8 Å². The van der Waals surface area contributed by atoms with Crippen LogP contribution in [0.2, 0.25) is 0 Å². The zero-order valence-corrected chi connectivity index (χ0v) is 15.8. The molecular formula is C20H24FN5O2. The minimum absolute atomic E-state index is 0.0699. The number of amides is 1. The van der Waals surface area contributed by atoms with Crippen LogP contribution in [0, 0.1) is 5.82 Å². The van der Waals surface area contributed by atoms with E-state index in [4.69, 9.17) is 10.5 Å². The van der Waals surface area contributed by atoms with Gasteiger partial charge >= 0.3 is 0 Å². The van der Waals surface area contributed by atoms with Crippen molar-refractivity contribution < 1.29 is 13.9 Å². The summed E-state index contributed by atoms with van der Waals surface area (Å²) in [6.07, 6.45) is 5.41. The molecule has 28 heavy (non-hydrogen) atoms. The number of nitrogens with zero attached hydrogens (tertiary/aromatic N) is 3. The van der Waals surface area contributed by atoms with E-state index >= 15 is 0 Å². The molecule has 2 bridgehead atoms. The summed E-state index contributed by atoms with van der Waals surface area (Å²) in [6.45, 7) is 0.815. The second kappa shape index (κ2) is 7.71. The molecule has 0 radical (unpaired) electrons. The van der Waals surface area contributed by atoms with Crippen molar-refractivity contribution in [3.63, 3.8) is 0 Å². The number of carbonyl (C=O) groups excluding carboxylic acids is 1. The molecule has 2 aliphatic rings. The van der Waals surface area contributed by atoms with E-state index in [0.717, 1.165) is 37.8 Å². The number of methoxy groups -OCH3 is 1. The Hall–Kier alpha value is -2.74. The summed E-state index contributed by atoms with van der Waals surface area (Å²) in [6, 6.07) is 7.62. The molecule has 0 saturated carbocycles. The van der Waals surface area contributed by atoms with Gasteiger partial charge in [0.25, 0.3) is 5.91 Å². The van der Waals surface area contributed by atoms with Crippen molar-refractivity contribution in [1.82, 2.24) is 20.2 Å². The molecule has 4 rings (SSSR count). The van der Waals surface area contributed by atoms with E-state index < -0.39 is 0 Å². The standard InChI is InChI=1S/C20H24FN5O2/c1-28-19-17(10-23-20(22)25-19)18(27)24-14-8-15-6-7-16(9-14)26(15)11-12-2-4-13(21)5-3-12/h2-5,10,14-16H,6-9,11H2,1H3,(H,24,27)(H2,22,23,25)/t14?,15-,16+. The van der Waals surface area contributed by atoms with Crippen molar-refractivity contribution in [3.8, 4) is 5.88 Å². The Morgan fingerprint density at radius 3 is 2.61 bits per heavy atom. The van der Waals surface area contributed by atoms with Crippen LogP contribution in [0.3, 0.4) is 0 Å². The predicted octanol–water partition coefficient (Wildman–Crippen LogP) is 2.13. The number of hydrogen-bond acceptors (Lipinski definition) is 6. The Balaban J connectivity index is 1.40. The summed E-state index contributed by atoms with van der Waals surface area (Å²) in [7, 11) is 1.45. The van der Waals surface area contributed by atoms with Gasteiger partial charge in [0.15, 0.2) is 0 Å². The highest BCUT2D eigenvalue weighted by Crippen LogP contribution is 2.37. The Morgan fingerprint density at radius 2 is 1.96 bits per heavy atom. The SMILES string of the molecule is COc1nc(N)ncc1C(=O)NC1C[C@H]2CC[C@@H](C1)N2Cc1ccc(F)cc1. The summed E-state index contributed by atoms with van der Waals surface area (Å²) < 4.78 is 18.3. The van der Waals surface area contributed by atoms with Crippen LogP contribution >= 0.6 is 0 Å². The van der Waals surface area contributed by atoms with Crippen molar-refractivity contribution in [2.75, 3.05) is 12.8 Å². The highest BCUT2D eigenvalue weighted by molar-refractivity contribution is 5.96. The predicted molar refractivity (Wildman–Crippen MR) is 102 cm³/mol.